The minimum absolute atomic E-state index is 0.209. The summed E-state index contributed by atoms with van der Waals surface area (Å²) in [7, 11) is 1.51. The number of pyridine rings is 1. The van der Waals surface area contributed by atoms with Gasteiger partial charge in [-0.05, 0) is 12.1 Å². The molecule has 13 heavy (non-hydrogen) atoms. The SMILES string of the molecule is C=C(O)c1ncccc1C(=O)NC. The molecule has 0 aromatic carbocycles. The number of carbonyl (C=O) groups is 1. The lowest BCUT2D eigenvalue weighted by Gasteiger charge is -2.04. The van der Waals surface area contributed by atoms with Crippen molar-refractivity contribution in [2.24, 2.45) is 0 Å². The van der Waals surface area contributed by atoms with Gasteiger partial charge in [-0.1, -0.05) is 6.58 Å². The van der Waals surface area contributed by atoms with Crippen molar-refractivity contribution in [3.8, 4) is 0 Å². The Labute approximate surface area is 75.9 Å². The number of carbonyl (C=O) groups excluding carboxylic acids is 1. The smallest absolute Gasteiger partial charge is 0.253 e. The molecule has 0 fully saturated rings. The maximum Gasteiger partial charge on any atom is 0.253 e. The fourth-order valence-corrected chi connectivity index (χ4v) is 0.953. The first kappa shape index (κ1) is 9.25. The highest BCUT2D eigenvalue weighted by atomic mass is 16.3. The Balaban J connectivity index is 3.19. The molecule has 0 saturated heterocycles. The van der Waals surface area contributed by atoms with Gasteiger partial charge in [0, 0.05) is 13.2 Å². The van der Waals surface area contributed by atoms with Gasteiger partial charge in [-0.2, -0.15) is 0 Å². The molecule has 0 saturated carbocycles. The van der Waals surface area contributed by atoms with Crippen molar-refractivity contribution in [1.82, 2.24) is 10.3 Å². The molecular formula is C9H10N2O2. The Morgan fingerprint density at radius 2 is 2.38 bits per heavy atom. The second kappa shape index (κ2) is 3.71. The number of hydrogen-bond acceptors (Lipinski definition) is 3. The number of aliphatic hydroxyl groups is 1. The van der Waals surface area contributed by atoms with E-state index in [0.717, 1.165) is 0 Å². The average Bonchev–Trinajstić information content (AvgIpc) is 2.16. The summed E-state index contributed by atoms with van der Waals surface area (Å²) < 4.78 is 0. The molecule has 4 nitrogen and oxygen atoms in total. The van der Waals surface area contributed by atoms with Crippen LogP contribution in [0.2, 0.25) is 0 Å². The van der Waals surface area contributed by atoms with Crippen molar-refractivity contribution < 1.29 is 9.90 Å². The molecule has 0 aliphatic rings. The first-order valence-electron chi connectivity index (χ1n) is 3.72. The molecule has 1 aromatic heterocycles. The van der Waals surface area contributed by atoms with E-state index in [-0.39, 0.29) is 17.4 Å². The van der Waals surface area contributed by atoms with Crippen molar-refractivity contribution in [2.45, 2.75) is 0 Å². The number of amides is 1. The summed E-state index contributed by atoms with van der Waals surface area (Å²) in [5, 5.41) is 11.6. The second-order valence-electron chi connectivity index (χ2n) is 2.43. The number of rotatable bonds is 2. The number of hydrogen-bond donors (Lipinski definition) is 2. The third kappa shape index (κ3) is 1.84. The van der Waals surface area contributed by atoms with Crippen LogP contribution in [0.15, 0.2) is 24.9 Å². The van der Waals surface area contributed by atoms with Gasteiger partial charge in [-0.25, -0.2) is 0 Å². The van der Waals surface area contributed by atoms with E-state index in [1.165, 1.54) is 13.2 Å². The Kier molecular flexibility index (Phi) is 2.64. The first-order chi connectivity index (χ1) is 6.16. The van der Waals surface area contributed by atoms with E-state index < -0.39 is 0 Å². The summed E-state index contributed by atoms with van der Waals surface area (Å²) in [4.78, 5) is 15.1. The summed E-state index contributed by atoms with van der Waals surface area (Å²) in [5.41, 5.74) is 0.527. The molecule has 0 aliphatic carbocycles. The molecular weight excluding hydrogens is 168 g/mol. The molecule has 0 radical (unpaired) electrons. The molecule has 0 atom stereocenters. The molecule has 0 unspecified atom stereocenters. The fourth-order valence-electron chi connectivity index (χ4n) is 0.953. The van der Waals surface area contributed by atoms with Gasteiger partial charge in [-0.15, -0.1) is 0 Å². The predicted molar refractivity (Wildman–Crippen MR) is 49.3 cm³/mol. The van der Waals surface area contributed by atoms with Crippen molar-refractivity contribution in [3.05, 3.63) is 36.2 Å². The molecule has 4 heteroatoms. The minimum Gasteiger partial charge on any atom is -0.506 e. The molecule has 2 N–H and O–H groups in total. The van der Waals surface area contributed by atoms with Crippen molar-refractivity contribution in [1.29, 1.82) is 0 Å². The van der Waals surface area contributed by atoms with E-state index in [0.29, 0.717) is 5.56 Å². The van der Waals surface area contributed by atoms with Gasteiger partial charge < -0.3 is 10.4 Å². The molecule has 0 aliphatic heterocycles. The maximum absolute atomic E-state index is 11.2. The van der Waals surface area contributed by atoms with Crippen molar-refractivity contribution >= 4 is 11.7 Å². The molecule has 1 amide bonds. The van der Waals surface area contributed by atoms with Crippen LogP contribution in [0, 0.1) is 0 Å². The Hall–Kier alpha value is -1.84. The predicted octanol–water partition coefficient (Wildman–Crippen LogP) is 0.970. The quantitative estimate of drug-likeness (QED) is 0.663. The fraction of sp³-hybridized carbons (Fsp3) is 0.111. The van der Waals surface area contributed by atoms with Crippen molar-refractivity contribution in [2.75, 3.05) is 7.05 Å². The third-order valence-corrected chi connectivity index (χ3v) is 1.55. The Morgan fingerprint density at radius 1 is 1.69 bits per heavy atom. The van der Waals surface area contributed by atoms with E-state index in [4.69, 9.17) is 5.11 Å². The van der Waals surface area contributed by atoms with E-state index >= 15 is 0 Å². The third-order valence-electron chi connectivity index (χ3n) is 1.55. The van der Waals surface area contributed by atoms with Gasteiger partial charge in [0.25, 0.3) is 5.91 Å². The van der Waals surface area contributed by atoms with E-state index in [1.54, 1.807) is 12.1 Å². The van der Waals surface area contributed by atoms with Crippen LogP contribution in [0.4, 0.5) is 0 Å². The topological polar surface area (TPSA) is 62.2 Å². The number of nitrogens with one attached hydrogen (secondary N) is 1. The van der Waals surface area contributed by atoms with Crippen LogP contribution >= 0.6 is 0 Å². The van der Waals surface area contributed by atoms with Gasteiger partial charge in [0.05, 0.1) is 5.56 Å². The zero-order chi connectivity index (χ0) is 9.84. The first-order valence-corrected chi connectivity index (χ1v) is 3.72. The van der Waals surface area contributed by atoms with Crippen LogP contribution in [-0.4, -0.2) is 23.0 Å². The summed E-state index contributed by atoms with van der Waals surface area (Å²) in [6.45, 7) is 3.32. The lowest BCUT2D eigenvalue weighted by atomic mass is 10.1. The summed E-state index contributed by atoms with van der Waals surface area (Å²) in [5.74, 6) is -0.502. The molecule has 68 valence electrons. The standard InChI is InChI=1S/C9H10N2O2/c1-6(12)8-7(9(13)10-2)4-3-5-11-8/h3-5,12H,1H2,2H3,(H,10,13). The zero-order valence-electron chi connectivity index (χ0n) is 7.24. The maximum atomic E-state index is 11.2. The van der Waals surface area contributed by atoms with Gasteiger partial charge >= 0.3 is 0 Å². The molecule has 0 bridgehead atoms. The number of aromatic nitrogens is 1. The Morgan fingerprint density at radius 3 is 2.92 bits per heavy atom. The van der Waals surface area contributed by atoms with Gasteiger partial charge in [0.15, 0.2) is 0 Å². The van der Waals surface area contributed by atoms with Gasteiger partial charge in [0.2, 0.25) is 0 Å². The molecule has 1 rings (SSSR count). The summed E-state index contributed by atoms with van der Waals surface area (Å²) in [6.07, 6.45) is 1.49. The van der Waals surface area contributed by atoms with E-state index in [1.807, 2.05) is 0 Å². The van der Waals surface area contributed by atoms with Crippen molar-refractivity contribution in [3.63, 3.8) is 0 Å². The van der Waals surface area contributed by atoms with Crippen LogP contribution in [0.1, 0.15) is 16.1 Å². The largest absolute Gasteiger partial charge is 0.506 e. The van der Waals surface area contributed by atoms with E-state index in [9.17, 15) is 4.79 Å². The number of nitrogens with zero attached hydrogens (tertiary/aromatic N) is 1. The van der Waals surface area contributed by atoms with Crippen LogP contribution in [0.5, 0.6) is 0 Å². The highest BCUT2D eigenvalue weighted by Gasteiger charge is 2.11. The number of aliphatic hydroxyl groups excluding tert-OH is 1. The molecule has 1 aromatic rings. The van der Waals surface area contributed by atoms with E-state index in [2.05, 4.69) is 16.9 Å². The van der Waals surface area contributed by atoms with Crippen LogP contribution in [-0.2, 0) is 0 Å². The lowest BCUT2D eigenvalue weighted by molar-refractivity contribution is 0.0962. The van der Waals surface area contributed by atoms with Crippen LogP contribution in [0.3, 0.4) is 0 Å². The lowest BCUT2D eigenvalue weighted by Crippen LogP contribution is -2.19. The van der Waals surface area contributed by atoms with Crippen LogP contribution in [0.25, 0.3) is 5.76 Å². The van der Waals surface area contributed by atoms with Crippen LogP contribution < -0.4 is 5.32 Å². The highest BCUT2D eigenvalue weighted by Crippen LogP contribution is 2.11. The normalized spacial score (nSPS) is 9.31. The van der Waals surface area contributed by atoms with Gasteiger partial charge in [-0.3, -0.25) is 9.78 Å². The second-order valence-corrected chi connectivity index (χ2v) is 2.43. The Bertz CT molecular complexity index is 347. The minimum atomic E-state index is -0.293. The molecule has 1 heterocycles. The summed E-state index contributed by atoms with van der Waals surface area (Å²) in [6, 6.07) is 3.19. The monoisotopic (exact) mass is 178 g/mol. The van der Waals surface area contributed by atoms with Gasteiger partial charge in [0.1, 0.15) is 11.5 Å². The average molecular weight is 178 g/mol. The molecule has 0 spiro atoms. The zero-order valence-corrected chi connectivity index (χ0v) is 7.24. The highest BCUT2D eigenvalue weighted by molar-refractivity contribution is 5.97. The summed E-state index contributed by atoms with van der Waals surface area (Å²) >= 11 is 0.